The molecule has 0 fully saturated rings. The van der Waals surface area contributed by atoms with E-state index in [1.807, 2.05) is 42.5 Å². The quantitative estimate of drug-likeness (QED) is 0.489. The second kappa shape index (κ2) is 7.94. The monoisotopic (exact) mass is 384 g/mol. The van der Waals surface area contributed by atoms with Crippen LogP contribution in [0.15, 0.2) is 91.0 Å². The van der Waals surface area contributed by atoms with Crippen molar-refractivity contribution in [2.24, 2.45) is 0 Å². The van der Waals surface area contributed by atoms with E-state index in [9.17, 15) is 14.0 Å². The summed E-state index contributed by atoms with van der Waals surface area (Å²) < 4.78 is 13.3. The van der Waals surface area contributed by atoms with Gasteiger partial charge in [0.25, 0.3) is 11.8 Å². The van der Waals surface area contributed by atoms with Crippen LogP contribution >= 0.6 is 0 Å². The van der Waals surface area contributed by atoms with E-state index < -0.39 is 11.7 Å². The molecule has 4 aromatic carbocycles. The lowest BCUT2D eigenvalue weighted by Gasteiger charge is -2.10. The smallest absolute Gasteiger partial charge is 0.255 e. The highest BCUT2D eigenvalue weighted by Crippen LogP contribution is 2.24. The molecule has 0 heterocycles. The van der Waals surface area contributed by atoms with E-state index in [4.69, 9.17) is 0 Å². The van der Waals surface area contributed by atoms with Crippen LogP contribution in [0, 0.1) is 5.82 Å². The molecule has 0 radical (unpaired) electrons. The molecule has 4 rings (SSSR count). The normalized spacial score (nSPS) is 10.5. The van der Waals surface area contributed by atoms with Crippen molar-refractivity contribution in [3.63, 3.8) is 0 Å². The van der Waals surface area contributed by atoms with Crippen LogP contribution in [-0.4, -0.2) is 11.8 Å². The molecule has 0 aliphatic carbocycles. The standard InChI is InChI=1S/C24H17FN2O2/c25-19-10-3-8-17(14-19)23(28)26-20-11-4-9-18(15-20)24(29)27-22-13-5-7-16-6-1-2-12-21(16)22/h1-15H,(H,26,28)(H,27,29). The van der Waals surface area contributed by atoms with Gasteiger partial charge in [0, 0.05) is 27.9 Å². The fourth-order valence-corrected chi connectivity index (χ4v) is 3.10. The number of benzene rings is 4. The van der Waals surface area contributed by atoms with E-state index in [2.05, 4.69) is 10.6 Å². The highest BCUT2D eigenvalue weighted by atomic mass is 19.1. The zero-order chi connectivity index (χ0) is 20.2. The van der Waals surface area contributed by atoms with Gasteiger partial charge in [-0.15, -0.1) is 0 Å². The van der Waals surface area contributed by atoms with E-state index >= 15 is 0 Å². The Morgan fingerprint density at radius 3 is 2.14 bits per heavy atom. The van der Waals surface area contributed by atoms with Crippen molar-refractivity contribution in [1.29, 1.82) is 0 Å². The Kier molecular flexibility index (Phi) is 5.03. The van der Waals surface area contributed by atoms with Gasteiger partial charge in [0.15, 0.2) is 0 Å². The molecule has 0 aliphatic heterocycles. The van der Waals surface area contributed by atoms with Gasteiger partial charge in [-0.1, -0.05) is 48.5 Å². The van der Waals surface area contributed by atoms with Crippen molar-refractivity contribution in [3.8, 4) is 0 Å². The Morgan fingerprint density at radius 2 is 1.31 bits per heavy atom. The number of hydrogen-bond acceptors (Lipinski definition) is 2. The second-order valence-corrected chi connectivity index (χ2v) is 6.53. The first-order chi connectivity index (χ1) is 14.1. The molecule has 0 spiro atoms. The number of anilines is 2. The number of fused-ring (bicyclic) bond motifs is 1. The fraction of sp³-hybridized carbons (Fsp3) is 0. The Labute approximate surface area is 167 Å². The molecular weight excluding hydrogens is 367 g/mol. The first-order valence-corrected chi connectivity index (χ1v) is 9.06. The minimum absolute atomic E-state index is 0.204. The lowest BCUT2D eigenvalue weighted by Crippen LogP contribution is -2.15. The molecule has 0 atom stereocenters. The van der Waals surface area contributed by atoms with E-state index in [1.54, 1.807) is 24.3 Å². The molecule has 0 aromatic heterocycles. The molecular formula is C24H17FN2O2. The zero-order valence-electron chi connectivity index (χ0n) is 15.4. The van der Waals surface area contributed by atoms with Crippen LogP contribution in [0.5, 0.6) is 0 Å². The molecule has 0 bridgehead atoms. The number of amides is 2. The summed E-state index contributed by atoms with van der Waals surface area (Å²) in [5.74, 6) is -1.22. The summed E-state index contributed by atoms with van der Waals surface area (Å²) in [7, 11) is 0. The van der Waals surface area contributed by atoms with Gasteiger partial charge in [0.05, 0.1) is 0 Å². The van der Waals surface area contributed by atoms with Crippen molar-refractivity contribution in [2.45, 2.75) is 0 Å². The van der Waals surface area contributed by atoms with Gasteiger partial charge in [0.2, 0.25) is 0 Å². The molecule has 0 aliphatic rings. The number of nitrogens with one attached hydrogen (secondary N) is 2. The van der Waals surface area contributed by atoms with Crippen LogP contribution in [0.3, 0.4) is 0 Å². The van der Waals surface area contributed by atoms with Crippen molar-refractivity contribution in [3.05, 3.63) is 108 Å². The first kappa shape index (κ1) is 18.4. The summed E-state index contributed by atoms with van der Waals surface area (Å²) in [5, 5.41) is 7.58. The van der Waals surface area contributed by atoms with Crippen molar-refractivity contribution in [2.75, 3.05) is 10.6 Å². The lowest BCUT2D eigenvalue weighted by atomic mass is 10.1. The maximum Gasteiger partial charge on any atom is 0.255 e. The van der Waals surface area contributed by atoms with Crippen LogP contribution < -0.4 is 10.6 Å². The van der Waals surface area contributed by atoms with Crippen molar-refractivity contribution in [1.82, 2.24) is 0 Å². The summed E-state index contributed by atoms with van der Waals surface area (Å²) in [6.07, 6.45) is 0. The Morgan fingerprint density at radius 1 is 0.655 bits per heavy atom. The Bertz CT molecular complexity index is 1210. The summed E-state index contributed by atoms with van der Waals surface area (Å²) in [5.41, 5.74) is 1.76. The molecule has 0 saturated heterocycles. The molecule has 2 N–H and O–H groups in total. The molecule has 142 valence electrons. The molecule has 2 amide bonds. The second-order valence-electron chi connectivity index (χ2n) is 6.53. The molecule has 29 heavy (non-hydrogen) atoms. The van der Waals surface area contributed by atoms with Gasteiger partial charge < -0.3 is 10.6 Å². The molecule has 4 nitrogen and oxygen atoms in total. The van der Waals surface area contributed by atoms with Crippen LogP contribution in [0.25, 0.3) is 10.8 Å². The third-order valence-electron chi connectivity index (χ3n) is 4.51. The minimum atomic E-state index is -0.485. The van der Waals surface area contributed by atoms with Crippen LogP contribution in [0.2, 0.25) is 0 Å². The van der Waals surface area contributed by atoms with Gasteiger partial charge in [-0.2, -0.15) is 0 Å². The van der Waals surface area contributed by atoms with E-state index in [-0.39, 0.29) is 11.5 Å². The molecule has 5 heteroatoms. The van der Waals surface area contributed by atoms with E-state index in [1.165, 1.54) is 18.2 Å². The highest BCUT2D eigenvalue weighted by molar-refractivity contribution is 6.10. The van der Waals surface area contributed by atoms with Gasteiger partial charge >= 0.3 is 0 Å². The minimum Gasteiger partial charge on any atom is -0.322 e. The number of carbonyl (C=O) groups excluding carboxylic acids is 2. The van der Waals surface area contributed by atoms with Gasteiger partial charge in [0.1, 0.15) is 5.82 Å². The van der Waals surface area contributed by atoms with Gasteiger partial charge in [-0.3, -0.25) is 9.59 Å². The number of hydrogen-bond donors (Lipinski definition) is 2. The Balaban J connectivity index is 1.53. The number of halogens is 1. The van der Waals surface area contributed by atoms with Gasteiger partial charge in [-0.05, 0) is 47.9 Å². The average molecular weight is 384 g/mol. The number of rotatable bonds is 4. The van der Waals surface area contributed by atoms with Gasteiger partial charge in [-0.25, -0.2) is 4.39 Å². The average Bonchev–Trinajstić information content (AvgIpc) is 2.74. The largest absolute Gasteiger partial charge is 0.322 e. The topological polar surface area (TPSA) is 58.2 Å². The van der Waals surface area contributed by atoms with Crippen molar-refractivity contribution >= 4 is 34.0 Å². The summed E-state index contributed by atoms with van der Waals surface area (Å²) in [6, 6.07) is 25.5. The Hall–Kier alpha value is -3.99. The van der Waals surface area contributed by atoms with Crippen LogP contribution in [0.4, 0.5) is 15.8 Å². The van der Waals surface area contributed by atoms with Crippen molar-refractivity contribution < 1.29 is 14.0 Å². The third-order valence-corrected chi connectivity index (χ3v) is 4.51. The van der Waals surface area contributed by atoms with E-state index in [0.717, 1.165) is 16.8 Å². The first-order valence-electron chi connectivity index (χ1n) is 9.06. The fourth-order valence-electron chi connectivity index (χ4n) is 3.10. The van der Waals surface area contributed by atoms with Crippen LogP contribution in [-0.2, 0) is 0 Å². The predicted octanol–water partition coefficient (Wildman–Crippen LogP) is 5.48. The summed E-state index contributed by atoms with van der Waals surface area (Å²) in [6.45, 7) is 0. The lowest BCUT2D eigenvalue weighted by molar-refractivity contribution is 0.101. The van der Waals surface area contributed by atoms with Crippen LogP contribution in [0.1, 0.15) is 20.7 Å². The SMILES string of the molecule is O=C(Nc1cccc(C(=O)Nc2cccc3ccccc23)c1)c1cccc(F)c1. The predicted molar refractivity (Wildman–Crippen MR) is 113 cm³/mol. The zero-order valence-corrected chi connectivity index (χ0v) is 15.4. The molecule has 4 aromatic rings. The third kappa shape index (κ3) is 4.14. The molecule has 0 unspecified atom stereocenters. The highest BCUT2D eigenvalue weighted by Gasteiger charge is 2.11. The summed E-state index contributed by atoms with van der Waals surface area (Å²) >= 11 is 0. The maximum absolute atomic E-state index is 13.3. The van der Waals surface area contributed by atoms with E-state index in [0.29, 0.717) is 16.9 Å². The maximum atomic E-state index is 13.3. The number of carbonyl (C=O) groups is 2. The molecule has 0 saturated carbocycles. The summed E-state index contributed by atoms with van der Waals surface area (Å²) in [4.78, 5) is 25.0.